The molecule has 0 amide bonds. The number of aromatic nitrogens is 2. The summed E-state index contributed by atoms with van der Waals surface area (Å²) in [6.45, 7) is 9.41. The van der Waals surface area contributed by atoms with Gasteiger partial charge in [0.15, 0.2) is 0 Å². The van der Waals surface area contributed by atoms with Crippen molar-refractivity contribution in [1.82, 2.24) is 9.78 Å². The van der Waals surface area contributed by atoms with Gasteiger partial charge in [-0.2, -0.15) is 5.10 Å². The molecule has 102 valence electrons. The van der Waals surface area contributed by atoms with Crippen molar-refractivity contribution >= 4 is 16.6 Å². The van der Waals surface area contributed by atoms with Crippen LogP contribution in [0, 0.1) is 5.41 Å². The van der Waals surface area contributed by atoms with E-state index in [-0.39, 0.29) is 5.41 Å². The molecule has 0 atom stereocenters. The summed E-state index contributed by atoms with van der Waals surface area (Å²) in [4.78, 5) is 4.86. The van der Waals surface area contributed by atoms with Gasteiger partial charge in [-0.3, -0.25) is 4.68 Å². The fourth-order valence-corrected chi connectivity index (χ4v) is 2.14. The fourth-order valence-electron chi connectivity index (χ4n) is 2.14. The predicted octanol–water partition coefficient (Wildman–Crippen LogP) is 3.45. The Bertz CT molecular complexity index is 605. The van der Waals surface area contributed by atoms with Crippen LogP contribution in [0.4, 0.5) is 0 Å². The van der Waals surface area contributed by atoms with Gasteiger partial charge < -0.3 is 4.84 Å². The zero-order chi connectivity index (χ0) is 14.0. The van der Waals surface area contributed by atoms with Crippen molar-refractivity contribution < 1.29 is 4.84 Å². The molecular formula is C15H21N3O. The van der Waals surface area contributed by atoms with Crippen molar-refractivity contribution in [2.24, 2.45) is 10.6 Å². The molecule has 1 aromatic heterocycles. The number of hydrogen-bond donors (Lipinski definition) is 0. The van der Waals surface area contributed by atoms with Crippen LogP contribution in [0.5, 0.6) is 0 Å². The summed E-state index contributed by atoms with van der Waals surface area (Å²) >= 11 is 0. The van der Waals surface area contributed by atoms with Crippen molar-refractivity contribution in [3.05, 3.63) is 30.0 Å². The fraction of sp³-hybridized carbons (Fsp3) is 0.467. The molecule has 19 heavy (non-hydrogen) atoms. The lowest BCUT2D eigenvalue weighted by Gasteiger charge is -2.18. The van der Waals surface area contributed by atoms with Crippen LogP contribution in [0.15, 0.2) is 29.4 Å². The van der Waals surface area contributed by atoms with Crippen molar-refractivity contribution in [2.45, 2.75) is 34.2 Å². The van der Waals surface area contributed by atoms with Crippen LogP contribution in [0.2, 0.25) is 0 Å². The second-order valence-electron chi connectivity index (χ2n) is 5.94. The maximum Gasteiger partial charge on any atom is 0.117 e. The van der Waals surface area contributed by atoms with Gasteiger partial charge in [0.25, 0.3) is 0 Å². The van der Waals surface area contributed by atoms with Gasteiger partial charge >= 0.3 is 0 Å². The first-order chi connectivity index (χ1) is 8.92. The number of oxime groups is 1. The summed E-state index contributed by atoms with van der Waals surface area (Å²) < 4.78 is 2.05. The molecule has 0 aliphatic carbocycles. The van der Waals surface area contributed by atoms with E-state index < -0.39 is 0 Å². The molecule has 0 unspecified atom stereocenters. The monoisotopic (exact) mass is 259 g/mol. The second kappa shape index (κ2) is 5.03. The highest BCUT2D eigenvalue weighted by molar-refractivity contribution is 6.07. The lowest BCUT2D eigenvalue weighted by molar-refractivity contribution is 0.213. The summed E-state index contributed by atoms with van der Waals surface area (Å²) in [6, 6.07) is 8.23. The van der Waals surface area contributed by atoms with Crippen molar-refractivity contribution in [3.8, 4) is 0 Å². The van der Waals surface area contributed by atoms with E-state index in [4.69, 9.17) is 9.94 Å². The third kappa shape index (κ3) is 2.95. The Morgan fingerprint density at radius 2 is 2.00 bits per heavy atom. The van der Waals surface area contributed by atoms with E-state index in [1.807, 2.05) is 19.1 Å². The smallest absolute Gasteiger partial charge is 0.117 e. The molecule has 2 rings (SSSR count). The average molecular weight is 259 g/mol. The van der Waals surface area contributed by atoms with Gasteiger partial charge in [-0.1, -0.05) is 44.1 Å². The van der Waals surface area contributed by atoms with Gasteiger partial charge in [0.05, 0.1) is 5.52 Å². The second-order valence-corrected chi connectivity index (χ2v) is 5.94. The van der Waals surface area contributed by atoms with Gasteiger partial charge in [-0.15, -0.1) is 0 Å². The number of benzene rings is 1. The Kier molecular flexibility index (Phi) is 3.60. The highest BCUT2D eigenvalue weighted by Gasteiger charge is 2.17. The minimum Gasteiger partial charge on any atom is -0.399 e. The third-order valence-electron chi connectivity index (χ3n) is 2.85. The van der Waals surface area contributed by atoms with Gasteiger partial charge in [0.2, 0.25) is 0 Å². The Hall–Kier alpha value is -1.84. The SMILES string of the molecule is CO/N=C(/C)c1nn(CC(C)(C)C)c2ccccc12. The Balaban J connectivity index is 2.58. The summed E-state index contributed by atoms with van der Waals surface area (Å²) in [5.74, 6) is 0. The van der Waals surface area contributed by atoms with Crippen molar-refractivity contribution in [3.63, 3.8) is 0 Å². The first-order valence-electron chi connectivity index (χ1n) is 6.46. The molecule has 0 radical (unpaired) electrons. The van der Waals surface area contributed by atoms with Gasteiger partial charge in [-0.05, 0) is 18.4 Å². The highest BCUT2D eigenvalue weighted by Crippen LogP contribution is 2.23. The van der Waals surface area contributed by atoms with Crippen molar-refractivity contribution in [1.29, 1.82) is 0 Å². The molecule has 0 spiro atoms. The van der Waals surface area contributed by atoms with Gasteiger partial charge in [0, 0.05) is 11.9 Å². The van der Waals surface area contributed by atoms with E-state index in [1.165, 1.54) is 0 Å². The third-order valence-corrected chi connectivity index (χ3v) is 2.85. The quantitative estimate of drug-likeness (QED) is 0.625. The molecule has 2 aromatic rings. The molecule has 1 heterocycles. The van der Waals surface area contributed by atoms with Crippen LogP contribution in [-0.4, -0.2) is 22.6 Å². The summed E-state index contributed by atoms with van der Waals surface area (Å²) in [5.41, 5.74) is 3.00. The average Bonchev–Trinajstić information content (AvgIpc) is 2.67. The van der Waals surface area contributed by atoms with Gasteiger partial charge in [-0.25, -0.2) is 0 Å². The molecule has 0 saturated carbocycles. The Morgan fingerprint density at radius 1 is 1.32 bits per heavy atom. The minimum atomic E-state index is 0.179. The van der Waals surface area contributed by atoms with E-state index in [2.05, 4.69) is 42.7 Å². The number of hydrogen-bond acceptors (Lipinski definition) is 3. The lowest BCUT2D eigenvalue weighted by Crippen LogP contribution is -2.16. The molecule has 4 heteroatoms. The van der Waals surface area contributed by atoms with E-state index in [1.54, 1.807) is 7.11 Å². The zero-order valence-electron chi connectivity index (χ0n) is 12.3. The summed E-state index contributed by atoms with van der Waals surface area (Å²) in [5, 5.41) is 9.81. The Labute approximate surface area is 114 Å². The number of nitrogens with zero attached hydrogens (tertiary/aromatic N) is 3. The minimum absolute atomic E-state index is 0.179. The normalized spacial score (nSPS) is 13.0. The lowest BCUT2D eigenvalue weighted by atomic mass is 9.97. The number of rotatable bonds is 3. The van der Waals surface area contributed by atoms with E-state index in [0.717, 1.165) is 28.9 Å². The van der Waals surface area contributed by atoms with Crippen molar-refractivity contribution in [2.75, 3.05) is 7.11 Å². The van der Waals surface area contributed by atoms with Crippen LogP contribution in [0.3, 0.4) is 0 Å². The largest absolute Gasteiger partial charge is 0.399 e. The summed E-state index contributed by atoms with van der Waals surface area (Å²) in [6.07, 6.45) is 0. The van der Waals surface area contributed by atoms with Crippen LogP contribution < -0.4 is 0 Å². The topological polar surface area (TPSA) is 39.4 Å². The standard InChI is InChI=1S/C15H21N3O/c1-11(17-19-5)14-12-8-6-7-9-13(12)18(16-14)10-15(2,3)4/h6-9H,10H2,1-5H3/b17-11-. The molecule has 0 aliphatic heterocycles. The Morgan fingerprint density at radius 3 is 2.63 bits per heavy atom. The maximum atomic E-state index is 4.86. The van der Waals surface area contributed by atoms with Gasteiger partial charge in [0.1, 0.15) is 18.5 Å². The van der Waals surface area contributed by atoms with E-state index >= 15 is 0 Å². The zero-order valence-corrected chi connectivity index (χ0v) is 12.3. The molecular weight excluding hydrogens is 238 g/mol. The number of para-hydroxylation sites is 1. The molecule has 0 fully saturated rings. The van der Waals surface area contributed by atoms with Crippen LogP contribution >= 0.6 is 0 Å². The molecule has 0 saturated heterocycles. The first-order valence-corrected chi connectivity index (χ1v) is 6.46. The molecule has 0 bridgehead atoms. The van der Waals surface area contributed by atoms with E-state index in [9.17, 15) is 0 Å². The highest BCUT2D eigenvalue weighted by atomic mass is 16.6. The first kappa shape index (κ1) is 13.6. The van der Waals surface area contributed by atoms with E-state index in [0.29, 0.717) is 0 Å². The van der Waals surface area contributed by atoms with Crippen LogP contribution in [0.1, 0.15) is 33.4 Å². The predicted molar refractivity (Wildman–Crippen MR) is 78.4 cm³/mol. The molecule has 0 N–H and O–H groups in total. The summed E-state index contributed by atoms with van der Waals surface area (Å²) in [7, 11) is 1.55. The number of fused-ring (bicyclic) bond motifs is 1. The van der Waals surface area contributed by atoms with Crippen LogP contribution in [0.25, 0.3) is 10.9 Å². The maximum absolute atomic E-state index is 4.86. The molecule has 4 nitrogen and oxygen atoms in total. The molecule has 0 aliphatic rings. The molecule has 1 aromatic carbocycles. The van der Waals surface area contributed by atoms with Crippen LogP contribution in [-0.2, 0) is 11.4 Å².